The molecule has 0 spiro atoms. The van der Waals surface area contributed by atoms with E-state index in [0.717, 1.165) is 35.4 Å². The predicted molar refractivity (Wildman–Crippen MR) is 115 cm³/mol. The van der Waals surface area contributed by atoms with E-state index in [4.69, 9.17) is 27.9 Å². The standard InChI is InChI=1S/C21H20Cl2N4O2/c1-29-21(28)19(14-2-4-15(22)5-3-14)26-8-10-27(11-9-26)20-17-7-6-16(23)12-18(17)24-13-25-20/h2-7,12-13,19H,8-11H2,1H3/t19-/m0/s1. The van der Waals surface area contributed by atoms with Crippen LogP contribution in [0.1, 0.15) is 11.6 Å². The van der Waals surface area contributed by atoms with E-state index in [-0.39, 0.29) is 5.97 Å². The maximum absolute atomic E-state index is 12.5. The van der Waals surface area contributed by atoms with Crippen molar-refractivity contribution >= 4 is 45.9 Å². The molecule has 1 fully saturated rings. The van der Waals surface area contributed by atoms with Crippen molar-refractivity contribution in [3.8, 4) is 0 Å². The van der Waals surface area contributed by atoms with Gasteiger partial charge in [-0.05, 0) is 35.9 Å². The number of rotatable bonds is 4. The lowest BCUT2D eigenvalue weighted by Gasteiger charge is -2.39. The monoisotopic (exact) mass is 430 g/mol. The van der Waals surface area contributed by atoms with Gasteiger partial charge in [0.1, 0.15) is 18.2 Å². The van der Waals surface area contributed by atoms with Crippen LogP contribution in [0.15, 0.2) is 48.8 Å². The van der Waals surface area contributed by atoms with Gasteiger partial charge in [-0.15, -0.1) is 0 Å². The van der Waals surface area contributed by atoms with Crippen LogP contribution in [0.5, 0.6) is 0 Å². The minimum Gasteiger partial charge on any atom is -0.468 e. The van der Waals surface area contributed by atoms with Crippen LogP contribution in [-0.2, 0) is 9.53 Å². The number of fused-ring (bicyclic) bond motifs is 1. The minimum atomic E-state index is -0.458. The number of hydrogen-bond acceptors (Lipinski definition) is 6. The molecule has 29 heavy (non-hydrogen) atoms. The minimum absolute atomic E-state index is 0.275. The molecule has 0 bridgehead atoms. The largest absolute Gasteiger partial charge is 0.468 e. The molecule has 8 heteroatoms. The Bertz CT molecular complexity index is 1020. The van der Waals surface area contributed by atoms with Crippen LogP contribution >= 0.6 is 23.2 Å². The fourth-order valence-electron chi connectivity index (χ4n) is 3.71. The van der Waals surface area contributed by atoms with Crippen LogP contribution in [0.2, 0.25) is 10.0 Å². The van der Waals surface area contributed by atoms with Crippen LogP contribution in [0.3, 0.4) is 0 Å². The summed E-state index contributed by atoms with van der Waals surface area (Å²) in [6.45, 7) is 2.86. The summed E-state index contributed by atoms with van der Waals surface area (Å²) in [5, 5.41) is 2.25. The number of anilines is 1. The van der Waals surface area contributed by atoms with Gasteiger partial charge in [-0.3, -0.25) is 4.90 Å². The first-order valence-corrected chi connectivity index (χ1v) is 10.0. The molecule has 0 saturated carbocycles. The zero-order valence-corrected chi connectivity index (χ0v) is 17.4. The van der Waals surface area contributed by atoms with Crippen LogP contribution in [-0.4, -0.2) is 54.1 Å². The highest BCUT2D eigenvalue weighted by Crippen LogP contribution is 2.29. The maximum Gasteiger partial charge on any atom is 0.327 e. The average Bonchev–Trinajstić information content (AvgIpc) is 2.75. The van der Waals surface area contributed by atoms with E-state index >= 15 is 0 Å². The van der Waals surface area contributed by atoms with Gasteiger partial charge in [0.25, 0.3) is 0 Å². The second-order valence-electron chi connectivity index (χ2n) is 6.86. The second kappa shape index (κ2) is 8.53. The summed E-state index contributed by atoms with van der Waals surface area (Å²) in [4.78, 5) is 25.7. The third-order valence-corrected chi connectivity index (χ3v) is 5.65. The number of esters is 1. The Balaban J connectivity index is 1.55. The van der Waals surface area contributed by atoms with Crippen molar-refractivity contribution in [2.45, 2.75) is 6.04 Å². The highest BCUT2D eigenvalue weighted by atomic mass is 35.5. The number of ether oxygens (including phenoxy) is 1. The SMILES string of the molecule is COC(=O)[C@H](c1ccc(Cl)cc1)N1CCN(c2ncnc3cc(Cl)ccc23)CC1. The van der Waals surface area contributed by atoms with E-state index in [2.05, 4.69) is 19.8 Å². The third kappa shape index (κ3) is 4.15. The number of methoxy groups -OCH3 is 1. The number of halogens is 2. The maximum atomic E-state index is 12.5. The molecule has 2 aromatic carbocycles. The summed E-state index contributed by atoms with van der Waals surface area (Å²) < 4.78 is 5.07. The van der Waals surface area contributed by atoms with E-state index in [1.165, 1.54) is 7.11 Å². The Hall–Kier alpha value is -2.41. The zero-order valence-electron chi connectivity index (χ0n) is 15.9. The van der Waals surface area contributed by atoms with Gasteiger partial charge in [0, 0.05) is 41.6 Å². The molecule has 0 unspecified atom stereocenters. The summed E-state index contributed by atoms with van der Waals surface area (Å²) >= 11 is 12.1. The molecule has 0 N–H and O–H groups in total. The van der Waals surface area contributed by atoms with E-state index < -0.39 is 6.04 Å². The van der Waals surface area contributed by atoms with Gasteiger partial charge in [-0.1, -0.05) is 35.3 Å². The Morgan fingerprint density at radius 3 is 2.38 bits per heavy atom. The molecule has 1 aliphatic rings. The van der Waals surface area contributed by atoms with Crippen molar-refractivity contribution in [1.29, 1.82) is 0 Å². The van der Waals surface area contributed by atoms with E-state index in [1.807, 2.05) is 30.3 Å². The van der Waals surface area contributed by atoms with Crippen LogP contribution in [0, 0.1) is 0 Å². The first-order chi connectivity index (χ1) is 14.1. The number of nitrogens with zero attached hydrogens (tertiary/aromatic N) is 4. The number of aromatic nitrogens is 2. The van der Waals surface area contributed by atoms with Crippen LogP contribution in [0.25, 0.3) is 10.9 Å². The van der Waals surface area contributed by atoms with Crippen molar-refractivity contribution in [3.63, 3.8) is 0 Å². The van der Waals surface area contributed by atoms with Crippen LogP contribution < -0.4 is 4.90 Å². The molecule has 0 radical (unpaired) electrons. The van der Waals surface area contributed by atoms with Crippen molar-refractivity contribution in [1.82, 2.24) is 14.9 Å². The number of hydrogen-bond donors (Lipinski definition) is 0. The van der Waals surface area contributed by atoms with Gasteiger partial charge in [0.15, 0.2) is 0 Å². The molecule has 2 heterocycles. The van der Waals surface area contributed by atoms with Gasteiger partial charge in [-0.25, -0.2) is 14.8 Å². The summed E-state index contributed by atoms with van der Waals surface area (Å²) in [5.41, 5.74) is 1.69. The predicted octanol–water partition coefficient (Wildman–Crippen LogP) is 3.97. The quantitative estimate of drug-likeness (QED) is 0.583. The molecule has 0 amide bonds. The van der Waals surface area contributed by atoms with Gasteiger partial charge in [0.05, 0.1) is 12.6 Å². The van der Waals surface area contributed by atoms with Crippen molar-refractivity contribution in [2.24, 2.45) is 0 Å². The number of carbonyl (C=O) groups excluding carboxylic acids is 1. The first kappa shape index (κ1) is 19.9. The zero-order chi connectivity index (χ0) is 20.4. The summed E-state index contributed by atoms with van der Waals surface area (Å²) in [6, 6.07) is 12.5. The van der Waals surface area contributed by atoms with Crippen molar-refractivity contribution < 1.29 is 9.53 Å². The highest BCUT2D eigenvalue weighted by molar-refractivity contribution is 6.31. The fraction of sp³-hybridized carbons (Fsp3) is 0.286. The lowest BCUT2D eigenvalue weighted by atomic mass is 10.0. The molecular formula is C21H20Cl2N4O2. The van der Waals surface area contributed by atoms with Gasteiger partial charge in [-0.2, -0.15) is 0 Å². The Kier molecular flexibility index (Phi) is 5.85. The summed E-state index contributed by atoms with van der Waals surface area (Å²) in [5.74, 6) is 0.607. The highest BCUT2D eigenvalue weighted by Gasteiger charge is 2.31. The third-order valence-electron chi connectivity index (χ3n) is 5.17. The van der Waals surface area contributed by atoms with Crippen molar-refractivity contribution in [3.05, 3.63) is 64.4 Å². The Morgan fingerprint density at radius 2 is 1.69 bits per heavy atom. The molecule has 1 saturated heterocycles. The topological polar surface area (TPSA) is 58.6 Å². The van der Waals surface area contributed by atoms with Crippen molar-refractivity contribution in [2.75, 3.05) is 38.2 Å². The molecule has 1 atom stereocenters. The van der Waals surface area contributed by atoms with Gasteiger partial charge >= 0.3 is 5.97 Å². The molecular weight excluding hydrogens is 411 g/mol. The number of benzene rings is 2. The normalized spacial score (nSPS) is 16.0. The molecule has 6 nitrogen and oxygen atoms in total. The molecule has 0 aliphatic carbocycles. The first-order valence-electron chi connectivity index (χ1n) is 9.29. The van der Waals surface area contributed by atoms with Gasteiger partial charge < -0.3 is 9.64 Å². The Morgan fingerprint density at radius 1 is 1.00 bits per heavy atom. The summed E-state index contributed by atoms with van der Waals surface area (Å²) in [6.07, 6.45) is 1.56. The fourth-order valence-corrected chi connectivity index (χ4v) is 4.00. The molecule has 1 aromatic heterocycles. The molecule has 1 aliphatic heterocycles. The molecule has 4 rings (SSSR count). The average molecular weight is 431 g/mol. The lowest BCUT2D eigenvalue weighted by Crippen LogP contribution is -2.49. The molecule has 150 valence electrons. The van der Waals surface area contributed by atoms with E-state index in [9.17, 15) is 4.79 Å². The van der Waals surface area contributed by atoms with Crippen LogP contribution in [0.4, 0.5) is 5.82 Å². The number of piperazine rings is 1. The molecule has 3 aromatic rings. The Labute approximate surface area is 179 Å². The van der Waals surface area contributed by atoms with E-state index in [0.29, 0.717) is 23.1 Å². The summed E-state index contributed by atoms with van der Waals surface area (Å²) in [7, 11) is 1.42. The van der Waals surface area contributed by atoms with Gasteiger partial charge in [0.2, 0.25) is 0 Å². The second-order valence-corrected chi connectivity index (χ2v) is 7.73. The van der Waals surface area contributed by atoms with E-state index in [1.54, 1.807) is 18.5 Å². The number of carbonyl (C=O) groups is 1. The smallest absolute Gasteiger partial charge is 0.327 e. The lowest BCUT2D eigenvalue weighted by molar-refractivity contribution is -0.147.